The Labute approximate surface area is 123 Å². The maximum atomic E-state index is 11.3. The number of rotatable bonds is 7. The molecule has 0 saturated heterocycles. The van der Waals surface area contributed by atoms with Crippen molar-refractivity contribution in [2.45, 2.75) is 32.8 Å². The number of nitrogens with zero attached hydrogens (tertiary/aromatic N) is 2. The van der Waals surface area contributed by atoms with Gasteiger partial charge in [0.05, 0.1) is 23.9 Å². The van der Waals surface area contributed by atoms with E-state index >= 15 is 0 Å². The first-order valence-corrected chi connectivity index (χ1v) is 6.84. The van der Waals surface area contributed by atoms with Crippen molar-refractivity contribution in [1.29, 1.82) is 0 Å². The Morgan fingerprint density at radius 3 is 2.90 bits per heavy atom. The number of esters is 1. The van der Waals surface area contributed by atoms with Crippen molar-refractivity contribution in [3.8, 4) is 5.88 Å². The summed E-state index contributed by atoms with van der Waals surface area (Å²) in [5.41, 5.74) is 2.23. The molecule has 0 aliphatic rings. The molecule has 0 unspecified atom stereocenters. The molecule has 2 rings (SSSR count). The van der Waals surface area contributed by atoms with Gasteiger partial charge in [-0.15, -0.1) is 0 Å². The highest BCUT2D eigenvalue weighted by Crippen LogP contribution is 2.14. The van der Waals surface area contributed by atoms with Crippen LogP contribution in [-0.4, -0.2) is 23.2 Å². The van der Waals surface area contributed by atoms with Crippen LogP contribution >= 0.6 is 0 Å². The third-order valence-electron chi connectivity index (χ3n) is 3.03. The molecule has 0 aliphatic heterocycles. The number of hydrogen-bond acceptors (Lipinski definition) is 6. The van der Waals surface area contributed by atoms with E-state index in [2.05, 4.69) is 21.8 Å². The van der Waals surface area contributed by atoms with Gasteiger partial charge < -0.3 is 14.0 Å². The van der Waals surface area contributed by atoms with Crippen molar-refractivity contribution < 1.29 is 18.8 Å². The number of ether oxygens (including phenoxy) is 2. The maximum absolute atomic E-state index is 11.3. The number of methoxy groups -OCH3 is 1. The van der Waals surface area contributed by atoms with E-state index in [4.69, 9.17) is 9.26 Å². The van der Waals surface area contributed by atoms with Gasteiger partial charge in [-0.1, -0.05) is 18.5 Å². The van der Waals surface area contributed by atoms with Crippen LogP contribution in [0.2, 0.25) is 0 Å². The zero-order valence-corrected chi connectivity index (χ0v) is 12.2. The molecule has 2 aromatic heterocycles. The summed E-state index contributed by atoms with van der Waals surface area (Å²) < 4.78 is 15.2. The van der Waals surface area contributed by atoms with Gasteiger partial charge >= 0.3 is 5.97 Å². The molecule has 0 atom stereocenters. The van der Waals surface area contributed by atoms with Crippen LogP contribution in [0.25, 0.3) is 0 Å². The quantitative estimate of drug-likeness (QED) is 0.730. The molecule has 2 heterocycles. The lowest BCUT2D eigenvalue weighted by Gasteiger charge is -2.05. The molecule has 0 bridgehead atoms. The van der Waals surface area contributed by atoms with Crippen molar-refractivity contribution >= 4 is 5.97 Å². The SMILES string of the molecule is CCCCc1nocc1COc1ccc(C(=O)OC)cn1. The maximum Gasteiger partial charge on any atom is 0.339 e. The third-order valence-corrected chi connectivity index (χ3v) is 3.03. The molecule has 2 aromatic rings. The van der Waals surface area contributed by atoms with Crippen LogP contribution in [0.5, 0.6) is 5.88 Å². The second kappa shape index (κ2) is 7.42. The van der Waals surface area contributed by atoms with Crippen LogP contribution in [0.1, 0.15) is 41.4 Å². The van der Waals surface area contributed by atoms with Crippen LogP contribution in [0, 0.1) is 0 Å². The summed E-state index contributed by atoms with van der Waals surface area (Å²) in [4.78, 5) is 15.4. The molecule has 0 radical (unpaired) electrons. The monoisotopic (exact) mass is 290 g/mol. The molecule has 0 saturated carbocycles. The van der Waals surface area contributed by atoms with Gasteiger partial charge in [0.15, 0.2) is 0 Å². The molecule has 6 nitrogen and oxygen atoms in total. The molecule has 112 valence electrons. The molecule has 0 spiro atoms. The van der Waals surface area contributed by atoms with Crippen molar-refractivity contribution in [3.63, 3.8) is 0 Å². The minimum absolute atomic E-state index is 0.340. The topological polar surface area (TPSA) is 74.5 Å². The Bertz CT molecular complexity index is 578. The first-order chi connectivity index (χ1) is 10.2. The summed E-state index contributed by atoms with van der Waals surface area (Å²) in [6, 6.07) is 3.24. The lowest BCUT2D eigenvalue weighted by atomic mass is 10.1. The van der Waals surface area contributed by atoms with Gasteiger partial charge in [0.2, 0.25) is 5.88 Å². The zero-order valence-electron chi connectivity index (χ0n) is 12.2. The van der Waals surface area contributed by atoms with Crippen molar-refractivity contribution in [2.24, 2.45) is 0 Å². The van der Waals surface area contributed by atoms with E-state index < -0.39 is 5.97 Å². The Morgan fingerprint density at radius 1 is 1.38 bits per heavy atom. The number of hydrogen-bond donors (Lipinski definition) is 0. The van der Waals surface area contributed by atoms with Gasteiger partial charge in [-0.05, 0) is 18.9 Å². The van der Waals surface area contributed by atoms with Crippen LogP contribution < -0.4 is 4.74 Å². The lowest BCUT2D eigenvalue weighted by molar-refractivity contribution is 0.0600. The molecule has 0 fully saturated rings. The summed E-state index contributed by atoms with van der Waals surface area (Å²) in [6.07, 6.45) is 6.05. The zero-order chi connectivity index (χ0) is 15.1. The van der Waals surface area contributed by atoms with Gasteiger partial charge in [0.1, 0.15) is 12.9 Å². The molecule has 6 heteroatoms. The van der Waals surface area contributed by atoms with E-state index in [1.165, 1.54) is 13.3 Å². The summed E-state index contributed by atoms with van der Waals surface area (Å²) in [5, 5.41) is 3.98. The normalized spacial score (nSPS) is 10.4. The molecular weight excluding hydrogens is 272 g/mol. The summed E-state index contributed by atoms with van der Waals surface area (Å²) in [5.74, 6) is 0.0141. The first kappa shape index (κ1) is 15.0. The molecule has 0 aliphatic carbocycles. The number of carbonyl (C=O) groups is 1. The van der Waals surface area contributed by atoms with Crippen molar-refractivity contribution in [1.82, 2.24) is 10.1 Å². The summed E-state index contributed by atoms with van der Waals surface area (Å²) in [6.45, 7) is 2.47. The van der Waals surface area contributed by atoms with E-state index in [1.54, 1.807) is 18.4 Å². The minimum atomic E-state index is -0.421. The van der Waals surface area contributed by atoms with E-state index in [0.29, 0.717) is 18.1 Å². The van der Waals surface area contributed by atoms with Gasteiger partial charge in [-0.3, -0.25) is 0 Å². The van der Waals surface area contributed by atoms with E-state index in [1.807, 2.05) is 0 Å². The van der Waals surface area contributed by atoms with Gasteiger partial charge in [-0.25, -0.2) is 9.78 Å². The second-order valence-electron chi connectivity index (χ2n) is 4.56. The lowest BCUT2D eigenvalue weighted by Crippen LogP contribution is -2.03. The van der Waals surface area contributed by atoms with E-state index in [-0.39, 0.29) is 0 Å². The average Bonchev–Trinajstić information content (AvgIpc) is 2.98. The van der Waals surface area contributed by atoms with Gasteiger partial charge in [0, 0.05) is 12.3 Å². The molecule has 21 heavy (non-hydrogen) atoms. The Hall–Kier alpha value is -2.37. The van der Waals surface area contributed by atoms with Crippen molar-refractivity contribution in [3.05, 3.63) is 41.4 Å². The fourth-order valence-corrected chi connectivity index (χ4v) is 1.80. The first-order valence-electron chi connectivity index (χ1n) is 6.84. The Kier molecular flexibility index (Phi) is 5.31. The standard InChI is InChI=1S/C15H18N2O4/c1-3-4-5-13-12(10-21-17-13)9-20-14-7-6-11(8-16-14)15(18)19-2/h6-8,10H,3-5,9H2,1-2H3. The predicted molar refractivity (Wildman–Crippen MR) is 75.0 cm³/mol. The number of pyridine rings is 1. The minimum Gasteiger partial charge on any atom is -0.473 e. The Morgan fingerprint density at radius 2 is 2.24 bits per heavy atom. The summed E-state index contributed by atoms with van der Waals surface area (Å²) >= 11 is 0. The second-order valence-corrected chi connectivity index (χ2v) is 4.56. The highest BCUT2D eigenvalue weighted by Gasteiger charge is 2.09. The molecule has 0 N–H and O–H groups in total. The summed E-state index contributed by atoms with van der Waals surface area (Å²) in [7, 11) is 1.33. The fraction of sp³-hybridized carbons (Fsp3) is 0.400. The molecule has 0 amide bonds. The van der Waals surface area contributed by atoms with Gasteiger partial charge in [0.25, 0.3) is 0 Å². The van der Waals surface area contributed by atoms with Crippen molar-refractivity contribution in [2.75, 3.05) is 7.11 Å². The fourth-order valence-electron chi connectivity index (χ4n) is 1.80. The molecular formula is C15H18N2O4. The van der Waals surface area contributed by atoms with E-state index in [9.17, 15) is 4.79 Å². The number of unbranched alkanes of at least 4 members (excludes halogenated alkanes) is 1. The predicted octanol–water partition coefficient (Wildman–Crippen LogP) is 2.78. The largest absolute Gasteiger partial charge is 0.473 e. The number of carbonyl (C=O) groups excluding carboxylic acids is 1. The smallest absolute Gasteiger partial charge is 0.339 e. The Balaban J connectivity index is 1.94. The molecule has 0 aromatic carbocycles. The van der Waals surface area contributed by atoms with Crippen LogP contribution in [0.4, 0.5) is 0 Å². The highest BCUT2D eigenvalue weighted by atomic mass is 16.5. The van der Waals surface area contributed by atoms with E-state index in [0.717, 1.165) is 30.5 Å². The van der Waals surface area contributed by atoms with Crippen LogP contribution in [0.3, 0.4) is 0 Å². The third kappa shape index (κ3) is 4.05. The van der Waals surface area contributed by atoms with Crippen LogP contribution in [0.15, 0.2) is 29.1 Å². The number of aryl methyl sites for hydroxylation is 1. The van der Waals surface area contributed by atoms with Gasteiger partial charge in [-0.2, -0.15) is 0 Å². The van der Waals surface area contributed by atoms with Crippen LogP contribution in [-0.2, 0) is 17.8 Å². The average molecular weight is 290 g/mol. The number of aromatic nitrogens is 2. The highest BCUT2D eigenvalue weighted by molar-refractivity contribution is 5.88.